The number of fused-ring (bicyclic) bond motifs is 1. The lowest BCUT2D eigenvalue weighted by Gasteiger charge is -2.37. The Labute approximate surface area is 150 Å². The molecular weight excluding hydrogens is 316 g/mol. The van der Waals surface area contributed by atoms with Crippen molar-refractivity contribution in [2.24, 2.45) is 5.92 Å². The molecule has 0 spiro atoms. The number of nitrogens with zero attached hydrogens (tertiary/aromatic N) is 1. The highest BCUT2D eigenvalue weighted by atomic mass is 16.5. The molecule has 5 heteroatoms. The molecule has 1 fully saturated rings. The van der Waals surface area contributed by atoms with Crippen molar-refractivity contribution in [1.29, 1.82) is 0 Å². The van der Waals surface area contributed by atoms with Gasteiger partial charge in [0.1, 0.15) is 0 Å². The number of hydrogen-bond acceptors (Lipinski definition) is 4. The quantitative estimate of drug-likeness (QED) is 0.860. The summed E-state index contributed by atoms with van der Waals surface area (Å²) in [5.41, 5.74) is 2.54. The van der Waals surface area contributed by atoms with Crippen molar-refractivity contribution in [3.63, 3.8) is 0 Å². The van der Waals surface area contributed by atoms with Crippen LogP contribution in [0.4, 0.5) is 0 Å². The van der Waals surface area contributed by atoms with Crippen molar-refractivity contribution in [3.8, 4) is 11.5 Å². The Balaban J connectivity index is 1.80. The minimum Gasteiger partial charge on any atom is -0.493 e. The Kier molecular flexibility index (Phi) is 5.84. The van der Waals surface area contributed by atoms with Gasteiger partial charge in [0.2, 0.25) is 5.91 Å². The average molecular weight is 346 g/mol. The van der Waals surface area contributed by atoms with Crippen molar-refractivity contribution in [1.82, 2.24) is 10.2 Å². The predicted octanol–water partition coefficient (Wildman–Crippen LogP) is 2.93. The average Bonchev–Trinajstić information content (AvgIpc) is 3.19. The van der Waals surface area contributed by atoms with Gasteiger partial charge >= 0.3 is 0 Å². The van der Waals surface area contributed by atoms with Gasteiger partial charge in [-0.05, 0) is 49.1 Å². The van der Waals surface area contributed by atoms with E-state index in [2.05, 4.69) is 29.3 Å². The fraction of sp³-hybridized carbons (Fsp3) is 0.650. The molecule has 5 nitrogen and oxygen atoms in total. The molecule has 1 aliphatic carbocycles. The molecule has 1 aromatic rings. The standard InChI is InChI=1S/C20H30N2O3/c1-4-22-10-9-15-11-18(24-2)19(25-3)12-16(15)17(22)13-21-20(23)14-7-5-6-8-14/h11-12,14,17H,4-10,13H2,1-3H3,(H,21,23)/t17-/m1/s1. The van der Waals surface area contributed by atoms with Crippen LogP contribution in [-0.4, -0.2) is 44.7 Å². The Morgan fingerprint density at radius 3 is 2.52 bits per heavy atom. The van der Waals surface area contributed by atoms with Crippen LogP contribution < -0.4 is 14.8 Å². The highest BCUT2D eigenvalue weighted by Crippen LogP contribution is 2.38. The minimum atomic E-state index is 0.193. The Morgan fingerprint density at radius 2 is 1.88 bits per heavy atom. The van der Waals surface area contributed by atoms with Crippen LogP contribution in [0.3, 0.4) is 0 Å². The second-order valence-electron chi connectivity index (χ2n) is 7.03. The Hall–Kier alpha value is -1.75. The van der Waals surface area contributed by atoms with Gasteiger partial charge in [0, 0.05) is 19.0 Å². The second kappa shape index (κ2) is 8.09. The van der Waals surface area contributed by atoms with E-state index in [1.807, 2.05) is 0 Å². The van der Waals surface area contributed by atoms with Crippen LogP contribution in [0, 0.1) is 5.92 Å². The van der Waals surface area contributed by atoms with E-state index in [1.165, 1.54) is 24.0 Å². The Bertz CT molecular complexity index is 611. The maximum Gasteiger partial charge on any atom is 0.223 e. The lowest BCUT2D eigenvalue weighted by atomic mass is 9.91. The van der Waals surface area contributed by atoms with E-state index in [-0.39, 0.29) is 17.9 Å². The van der Waals surface area contributed by atoms with Crippen molar-refractivity contribution >= 4 is 5.91 Å². The van der Waals surface area contributed by atoms with Crippen LogP contribution >= 0.6 is 0 Å². The van der Waals surface area contributed by atoms with Crippen molar-refractivity contribution in [3.05, 3.63) is 23.3 Å². The molecule has 1 saturated carbocycles. The molecule has 138 valence electrons. The summed E-state index contributed by atoms with van der Waals surface area (Å²) in [5.74, 6) is 1.97. The zero-order valence-corrected chi connectivity index (χ0v) is 15.6. The SMILES string of the molecule is CCN1CCc2cc(OC)c(OC)cc2[C@H]1CNC(=O)C1CCCC1. The number of ether oxygens (including phenoxy) is 2. The molecule has 3 rings (SSSR count). The van der Waals surface area contributed by atoms with E-state index in [4.69, 9.17) is 9.47 Å². The number of rotatable bonds is 6. The summed E-state index contributed by atoms with van der Waals surface area (Å²) in [6.07, 6.45) is 5.44. The van der Waals surface area contributed by atoms with Gasteiger partial charge in [-0.25, -0.2) is 0 Å². The summed E-state index contributed by atoms with van der Waals surface area (Å²) in [7, 11) is 3.34. The molecule has 0 aromatic heterocycles. The van der Waals surface area contributed by atoms with E-state index < -0.39 is 0 Å². The predicted molar refractivity (Wildman–Crippen MR) is 98.2 cm³/mol. The van der Waals surface area contributed by atoms with Gasteiger partial charge in [0.25, 0.3) is 0 Å². The molecule has 0 bridgehead atoms. The molecule has 1 aromatic carbocycles. The van der Waals surface area contributed by atoms with Crippen LogP contribution in [0.5, 0.6) is 11.5 Å². The summed E-state index contributed by atoms with van der Waals surface area (Å²) < 4.78 is 10.9. The van der Waals surface area contributed by atoms with Crippen LogP contribution in [0.1, 0.15) is 49.8 Å². The number of carbonyl (C=O) groups is 1. The van der Waals surface area contributed by atoms with Crippen molar-refractivity contribution < 1.29 is 14.3 Å². The third kappa shape index (κ3) is 3.76. The number of likely N-dealkylation sites (N-methyl/N-ethyl adjacent to an activating group) is 1. The highest BCUT2D eigenvalue weighted by Gasteiger charge is 2.30. The molecule has 25 heavy (non-hydrogen) atoms. The molecule has 1 heterocycles. The van der Waals surface area contributed by atoms with E-state index in [9.17, 15) is 4.79 Å². The maximum absolute atomic E-state index is 12.4. The lowest BCUT2D eigenvalue weighted by Crippen LogP contribution is -2.43. The summed E-state index contributed by atoms with van der Waals surface area (Å²) in [6.45, 7) is 4.81. The lowest BCUT2D eigenvalue weighted by molar-refractivity contribution is -0.125. The largest absolute Gasteiger partial charge is 0.493 e. The molecule has 0 unspecified atom stereocenters. The molecule has 0 saturated heterocycles. The van der Waals surface area contributed by atoms with Gasteiger partial charge < -0.3 is 14.8 Å². The summed E-state index contributed by atoms with van der Waals surface area (Å²) in [4.78, 5) is 14.9. The van der Waals surface area contributed by atoms with E-state index >= 15 is 0 Å². The number of carbonyl (C=O) groups excluding carboxylic acids is 1. The molecule has 0 radical (unpaired) electrons. The number of amides is 1. The second-order valence-corrected chi connectivity index (χ2v) is 7.03. The first-order valence-electron chi connectivity index (χ1n) is 9.44. The number of benzene rings is 1. The van der Waals surface area contributed by atoms with Crippen LogP contribution in [0.25, 0.3) is 0 Å². The monoisotopic (exact) mass is 346 g/mol. The van der Waals surface area contributed by atoms with Crippen LogP contribution in [-0.2, 0) is 11.2 Å². The maximum atomic E-state index is 12.4. The van der Waals surface area contributed by atoms with Gasteiger partial charge in [-0.2, -0.15) is 0 Å². The zero-order valence-electron chi connectivity index (χ0n) is 15.6. The van der Waals surface area contributed by atoms with E-state index in [1.54, 1.807) is 14.2 Å². The molecular formula is C20H30N2O3. The first-order chi connectivity index (χ1) is 12.2. The van der Waals surface area contributed by atoms with Crippen molar-refractivity contribution in [2.45, 2.75) is 45.1 Å². The fourth-order valence-electron chi connectivity index (χ4n) is 4.23. The van der Waals surface area contributed by atoms with E-state index in [0.29, 0.717) is 6.54 Å². The highest BCUT2D eigenvalue weighted by molar-refractivity contribution is 5.78. The van der Waals surface area contributed by atoms with E-state index in [0.717, 1.165) is 43.9 Å². The fourth-order valence-corrected chi connectivity index (χ4v) is 4.23. The number of nitrogens with one attached hydrogen (secondary N) is 1. The van der Waals surface area contributed by atoms with Gasteiger partial charge in [0.15, 0.2) is 11.5 Å². The zero-order chi connectivity index (χ0) is 17.8. The first kappa shape index (κ1) is 18.1. The normalized spacial score (nSPS) is 21.0. The topological polar surface area (TPSA) is 50.8 Å². The molecule has 2 aliphatic rings. The number of methoxy groups -OCH3 is 2. The van der Waals surface area contributed by atoms with Gasteiger partial charge in [-0.15, -0.1) is 0 Å². The summed E-state index contributed by atoms with van der Waals surface area (Å²) >= 11 is 0. The smallest absolute Gasteiger partial charge is 0.223 e. The van der Waals surface area contributed by atoms with Crippen LogP contribution in [0.2, 0.25) is 0 Å². The number of hydrogen-bond donors (Lipinski definition) is 1. The molecule has 1 atom stereocenters. The third-order valence-corrected chi connectivity index (χ3v) is 5.72. The molecule has 1 aliphatic heterocycles. The van der Waals surface area contributed by atoms with Crippen molar-refractivity contribution in [2.75, 3.05) is 33.9 Å². The van der Waals surface area contributed by atoms with Gasteiger partial charge in [0.05, 0.1) is 20.3 Å². The minimum absolute atomic E-state index is 0.193. The molecule has 1 amide bonds. The van der Waals surface area contributed by atoms with Gasteiger partial charge in [-0.1, -0.05) is 19.8 Å². The van der Waals surface area contributed by atoms with Gasteiger partial charge in [-0.3, -0.25) is 9.69 Å². The summed E-state index contributed by atoms with van der Waals surface area (Å²) in [5, 5.41) is 3.21. The Morgan fingerprint density at radius 1 is 1.20 bits per heavy atom. The molecule has 1 N–H and O–H groups in total. The third-order valence-electron chi connectivity index (χ3n) is 5.72. The first-order valence-corrected chi connectivity index (χ1v) is 9.44. The summed E-state index contributed by atoms with van der Waals surface area (Å²) in [6, 6.07) is 4.37. The van der Waals surface area contributed by atoms with Crippen LogP contribution in [0.15, 0.2) is 12.1 Å².